The van der Waals surface area contributed by atoms with Gasteiger partial charge in [0.15, 0.2) is 14.6 Å². The van der Waals surface area contributed by atoms with Crippen molar-refractivity contribution in [3.05, 3.63) is 57.9 Å². The lowest BCUT2D eigenvalue weighted by atomic mass is 10.1. The van der Waals surface area contributed by atoms with Crippen molar-refractivity contribution >= 4 is 60.7 Å². The largest absolute Gasteiger partial charge is 0.316 e. The lowest BCUT2D eigenvalue weighted by Crippen LogP contribution is -2.18. The molecule has 0 bridgehead atoms. The van der Waals surface area contributed by atoms with Crippen LogP contribution in [0, 0.1) is 0 Å². The maximum Gasteiger partial charge on any atom is 0.252 e. The third-order valence-corrected chi connectivity index (χ3v) is 7.09. The van der Waals surface area contributed by atoms with E-state index in [2.05, 4.69) is 4.99 Å². The fourth-order valence-electron chi connectivity index (χ4n) is 2.71. The number of aromatic nitrogens is 1. The first-order valence-corrected chi connectivity index (χ1v) is 12.9. The van der Waals surface area contributed by atoms with Gasteiger partial charge in [-0.2, -0.15) is 16.8 Å². The van der Waals surface area contributed by atoms with Crippen LogP contribution in [-0.4, -0.2) is 37.2 Å². The van der Waals surface area contributed by atoms with E-state index >= 15 is 0 Å². The molecule has 0 aliphatic rings. The minimum absolute atomic E-state index is 0.113. The number of hydrogen-bond donors (Lipinski definition) is 0. The minimum Gasteiger partial charge on any atom is -0.316 e. The van der Waals surface area contributed by atoms with Crippen LogP contribution in [0.5, 0.6) is 0 Å². The Morgan fingerprint density at radius 2 is 1.93 bits per heavy atom. The van der Waals surface area contributed by atoms with Gasteiger partial charge in [-0.3, -0.25) is 4.79 Å². The molecule has 0 saturated heterocycles. The molecule has 0 aliphatic heterocycles. The number of amides is 1. The molecule has 0 unspecified atom stereocenters. The van der Waals surface area contributed by atoms with Crippen molar-refractivity contribution in [3.63, 3.8) is 0 Å². The Morgan fingerprint density at radius 1 is 1.21 bits per heavy atom. The minimum atomic E-state index is -3.25. The quantitative estimate of drug-likeness (QED) is 0.568. The molecule has 1 amide bonds. The van der Waals surface area contributed by atoms with Crippen LogP contribution >= 0.6 is 34.7 Å². The van der Waals surface area contributed by atoms with E-state index in [9.17, 15) is 13.2 Å². The number of carbonyl (C=O) groups is 1. The van der Waals surface area contributed by atoms with Crippen molar-refractivity contribution in [1.82, 2.24) is 4.57 Å². The molecule has 0 spiro atoms. The summed E-state index contributed by atoms with van der Waals surface area (Å²) in [6.45, 7) is 0.748. The number of aryl methyl sites for hydroxylation is 1. The SMILES string of the molecule is CSCCn1c(=NC(=O)Cc2ccc(S(C)(=O)=O)cc2)sc2cc(Cl)ccc21. The fraction of sp³-hybridized carbons (Fsp3) is 0.263. The second-order valence-electron chi connectivity index (χ2n) is 6.24. The topological polar surface area (TPSA) is 68.5 Å². The average Bonchev–Trinajstić information content (AvgIpc) is 2.95. The molecule has 0 fully saturated rings. The highest BCUT2D eigenvalue weighted by Crippen LogP contribution is 2.22. The number of thioether (sulfide) groups is 1. The van der Waals surface area contributed by atoms with E-state index < -0.39 is 9.84 Å². The summed E-state index contributed by atoms with van der Waals surface area (Å²) in [5.41, 5.74) is 1.73. The molecule has 1 heterocycles. The molecule has 3 aromatic rings. The summed E-state index contributed by atoms with van der Waals surface area (Å²) < 4.78 is 26.1. The second kappa shape index (κ2) is 8.82. The van der Waals surface area contributed by atoms with E-state index in [0.29, 0.717) is 9.82 Å². The molecule has 148 valence electrons. The van der Waals surface area contributed by atoms with Crippen molar-refractivity contribution in [2.75, 3.05) is 18.3 Å². The van der Waals surface area contributed by atoms with Gasteiger partial charge in [0.05, 0.1) is 21.5 Å². The third kappa shape index (κ3) is 5.05. The Bertz CT molecular complexity index is 1180. The van der Waals surface area contributed by atoms with Gasteiger partial charge in [-0.15, -0.1) is 0 Å². The molecule has 9 heteroatoms. The van der Waals surface area contributed by atoms with Crippen molar-refractivity contribution < 1.29 is 13.2 Å². The van der Waals surface area contributed by atoms with Gasteiger partial charge < -0.3 is 4.57 Å². The highest BCUT2D eigenvalue weighted by molar-refractivity contribution is 7.98. The Kier molecular flexibility index (Phi) is 6.65. The van der Waals surface area contributed by atoms with Crippen LogP contribution in [0.2, 0.25) is 5.02 Å². The molecular weight excluding hydrogens is 436 g/mol. The maximum absolute atomic E-state index is 12.5. The van der Waals surface area contributed by atoms with Gasteiger partial charge in [0.1, 0.15) is 0 Å². The van der Waals surface area contributed by atoms with Crippen LogP contribution in [0.1, 0.15) is 5.56 Å². The summed E-state index contributed by atoms with van der Waals surface area (Å²) in [4.78, 5) is 17.7. The summed E-state index contributed by atoms with van der Waals surface area (Å²) in [5.74, 6) is 0.630. The van der Waals surface area contributed by atoms with Crippen LogP contribution in [-0.2, 0) is 27.6 Å². The highest BCUT2D eigenvalue weighted by atomic mass is 35.5. The summed E-state index contributed by atoms with van der Waals surface area (Å²) in [7, 11) is -3.25. The van der Waals surface area contributed by atoms with Crippen LogP contribution in [0.4, 0.5) is 0 Å². The monoisotopic (exact) mass is 454 g/mol. The summed E-state index contributed by atoms with van der Waals surface area (Å²) in [6, 6.07) is 12.0. The maximum atomic E-state index is 12.5. The normalized spacial score (nSPS) is 12.6. The van der Waals surface area contributed by atoms with E-state index in [1.54, 1.807) is 23.9 Å². The molecule has 0 N–H and O–H groups in total. The molecule has 28 heavy (non-hydrogen) atoms. The molecular formula is C19H19ClN2O3S3. The highest BCUT2D eigenvalue weighted by Gasteiger charge is 2.10. The van der Waals surface area contributed by atoms with Crippen molar-refractivity contribution in [2.45, 2.75) is 17.9 Å². The molecule has 0 radical (unpaired) electrons. The zero-order valence-electron chi connectivity index (χ0n) is 15.4. The van der Waals surface area contributed by atoms with E-state index in [4.69, 9.17) is 11.6 Å². The first-order valence-electron chi connectivity index (χ1n) is 8.42. The fourth-order valence-corrected chi connectivity index (χ4v) is 5.05. The number of benzene rings is 2. The number of hydrogen-bond acceptors (Lipinski definition) is 5. The molecule has 0 atom stereocenters. The second-order valence-corrected chi connectivity index (χ2v) is 10.7. The molecule has 0 saturated carbocycles. The van der Waals surface area contributed by atoms with Crippen LogP contribution in [0.25, 0.3) is 10.2 Å². The number of rotatable bonds is 6. The molecule has 0 aliphatic carbocycles. The lowest BCUT2D eigenvalue weighted by molar-refractivity contribution is -0.117. The Morgan fingerprint density at radius 3 is 2.57 bits per heavy atom. The zero-order valence-corrected chi connectivity index (χ0v) is 18.6. The standard InChI is InChI=1S/C19H19ClN2O3S3/c1-26-10-9-22-16-8-5-14(20)12-17(16)27-19(22)21-18(23)11-13-3-6-15(7-4-13)28(2,24)25/h3-8,12H,9-11H2,1-2H3. The average molecular weight is 455 g/mol. The molecule has 1 aromatic heterocycles. The third-order valence-electron chi connectivity index (χ3n) is 4.09. The summed E-state index contributed by atoms with van der Waals surface area (Å²) in [6.07, 6.45) is 3.30. The lowest BCUT2D eigenvalue weighted by Gasteiger charge is -2.04. The predicted molar refractivity (Wildman–Crippen MR) is 117 cm³/mol. The van der Waals surface area contributed by atoms with Crippen molar-refractivity contribution in [2.24, 2.45) is 4.99 Å². The summed E-state index contributed by atoms with van der Waals surface area (Å²) in [5, 5.41) is 0.648. The van der Waals surface area contributed by atoms with Gasteiger partial charge in [0.25, 0.3) is 5.91 Å². The zero-order chi connectivity index (χ0) is 20.3. The van der Waals surface area contributed by atoms with Crippen LogP contribution in [0.3, 0.4) is 0 Å². The number of fused-ring (bicyclic) bond motifs is 1. The van der Waals surface area contributed by atoms with Gasteiger partial charge in [0.2, 0.25) is 0 Å². The number of carbonyl (C=O) groups excluding carboxylic acids is 1. The number of thiazole rings is 1. The van der Waals surface area contributed by atoms with Crippen molar-refractivity contribution in [3.8, 4) is 0 Å². The number of sulfone groups is 1. The molecule has 5 nitrogen and oxygen atoms in total. The van der Waals surface area contributed by atoms with Gasteiger partial charge in [0, 0.05) is 23.6 Å². The van der Waals surface area contributed by atoms with E-state index in [1.165, 1.54) is 23.5 Å². The number of nitrogens with zero attached hydrogens (tertiary/aromatic N) is 2. The first-order chi connectivity index (χ1) is 13.3. The smallest absolute Gasteiger partial charge is 0.252 e. The summed E-state index contributed by atoms with van der Waals surface area (Å²) >= 11 is 9.26. The first kappa shape index (κ1) is 21.1. The molecule has 2 aromatic carbocycles. The van der Waals surface area contributed by atoms with E-state index in [-0.39, 0.29) is 17.2 Å². The van der Waals surface area contributed by atoms with Crippen molar-refractivity contribution in [1.29, 1.82) is 0 Å². The Balaban J connectivity index is 1.91. The predicted octanol–water partition coefficient (Wildman–Crippen LogP) is 3.79. The van der Waals surface area contributed by atoms with Gasteiger partial charge in [-0.05, 0) is 42.2 Å². The van der Waals surface area contributed by atoms with E-state index in [0.717, 1.165) is 34.3 Å². The van der Waals surface area contributed by atoms with Crippen LogP contribution in [0.15, 0.2) is 52.4 Å². The van der Waals surface area contributed by atoms with Crippen LogP contribution < -0.4 is 4.80 Å². The van der Waals surface area contributed by atoms with E-state index in [1.807, 2.05) is 29.0 Å². The molecule has 3 rings (SSSR count). The Labute approximate surface area is 177 Å². The number of halogens is 1. The Hall–Kier alpha value is -1.61. The van der Waals surface area contributed by atoms with Gasteiger partial charge in [-0.1, -0.05) is 35.1 Å². The van der Waals surface area contributed by atoms with Gasteiger partial charge in [-0.25, -0.2) is 8.42 Å². The van der Waals surface area contributed by atoms with Gasteiger partial charge >= 0.3 is 0 Å².